The average Bonchev–Trinajstić information content (AvgIpc) is 2.46. The highest BCUT2D eigenvalue weighted by Gasteiger charge is 2.09. The van der Waals surface area contributed by atoms with Gasteiger partial charge in [-0.15, -0.1) is 0 Å². The largest absolute Gasteiger partial charge is 0.496 e. The van der Waals surface area contributed by atoms with Gasteiger partial charge < -0.3 is 9.64 Å². The van der Waals surface area contributed by atoms with Gasteiger partial charge in [-0.05, 0) is 55.3 Å². The molecule has 110 valence electrons. The Bertz CT molecular complexity index is 629. The minimum absolute atomic E-state index is 0.666. The number of hydrogen-bond acceptors (Lipinski definition) is 3. The molecule has 3 heteroatoms. The second-order valence-electron chi connectivity index (χ2n) is 5.39. The molecule has 0 aromatic heterocycles. The standard InChI is InChI=1S/C18H21NO2/c1-13-7-14(2)9-17(8-13)19(3)11-16-10-15(12-20)5-6-18(16)21-4/h5-10,12H,11H2,1-4H3. The first kappa shape index (κ1) is 15.1. The van der Waals surface area contributed by atoms with Gasteiger partial charge in [0.2, 0.25) is 0 Å². The monoisotopic (exact) mass is 283 g/mol. The fourth-order valence-corrected chi connectivity index (χ4v) is 2.51. The Morgan fingerprint density at radius 3 is 2.33 bits per heavy atom. The summed E-state index contributed by atoms with van der Waals surface area (Å²) < 4.78 is 5.39. The van der Waals surface area contributed by atoms with Crippen molar-refractivity contribution in [1.29, 1.82) is 0 Å². The summed E-state index contributed by atoms with van der Waals surface area (Å²) in [6.45, 7) is 4.88. The quantitative estimate of drug-likeness (QED) is 0.782. The predicted molar refractivity (Wildman–Crippen MR) is 86.4 cm³/mol. The molecule has 0 saturated carbocycles. The van der Waals surface area contributed by atoms with E-state index in [-0.39, 0.29) is 0 Å². The highest BCUT2D eigenvalue weighted by molar-refractivity contribution is 5.75. The number of aldehydes is 1. The van der Waals surface area contributed by atoms with Gasteiger partial charge >= 0.3 is 0 Å². The van der Waals surface area contributed by atoms with Crippen LogP contribution in [0.1, 0.15) is 27.0 Å². The maximum absolute atomic E-state index is 10.9. The van der Waals surface area contributed by atoms with E-state index < -0.39 is 0 Å². The lowest BCUT2D eigenvalue weighted by molar-refractivity contribution is 0.112. The van der Waals surface area contributed by atoms with Gasteiger partial charge in [0, 0.05) is 30.4 Å². The first-order chi connectivity index (χ1) is 10.0. The molecule has 0 bridgehead atoms. The third kappa shape index (κ3) is 3.63. The molecule has 0 aliphatic rings. The predicted octanol–water partition coefficient (Wildman–Crippen LogP) is 3.76. The second kappa shape index (κ2) is 6.44. The van der Waals surface area contributed by atoms with Crippen molar-refractivity contribution in [2.45, 2.75) is 20.4 Å². The van der Waals surface area contributed by atoms with Crippen LogP contribution in [0.3, 0.4) is 0 Å². The Kier molecular flexibility index (Phi) is 4.63. The van der Waals surface area contributed by atoms with Crippen LogP contribution in [-0.4, -0.2) is 20.4 Å². The van der Waals surface area contributed by atoms with E-state index in [0.29, 0.717) is 12.1 Å². The van der Waals surface area contributed by atoms with E-state index in [9.17, 15) is 4.79 Å². The van der Waals surface area contributed by atoms with Crippen LogP contribution in [0, 0.1) is 13.8 Å². The summed E-state index contributed by atoms with van der Waals surface area (Å²) in [7, 11) is 3.69. The van der Waals surface area contributed by atoms with Crippen LogP contribution in [0.15, 0.2) is 36.4 Å². The van der Waals surface area contributed by atoms with E-state index in [4.69, 9.17) is 4.74 Å². The number of carbonyl (C=O) groups is 1. The van der Waals surface area contributed by atoms with Crippen LogP contribution in [0.4, 0.5) is 5.69 Å². The lowest BCUT2D eigenvalue weighted by Gasteiger charge is -2.22. The minimum atomic E-state index is 0.666. The van der Waals surface area contributed by atoms with Crippen molar-refractivity contribution < 1.29 is 9.53 Å². The molecule has 0 N–H and O–H groups in total. The zero-order valence-corrected chi connectivity index (χ0v) is 13.0. The Balaban J connectivity index is 2.29. The van der Waals surface area contributed by atoms with Gasteiger partial charge in [0.25, 0.3) is 0 Å². The van der Waals surface area contributed by atoms with Crippen molar-refractivity contribution in [2.24, 2.45) is 0 Å². The Morgan fingerprint density at radius 1 is 1.10 bits per heavy atom. The lowest BCUT2D eigenvalue weighted by Crippen LogP contribution is -2.17. The Morgan fingerprint density at radius 2 is 1.76 bits per heavy atom. The van der Waals surface area contributed by atoms with Crippen molar-refractivity contribution in [2.75, 3.05) is 19.1 Å². The molecule has 0 spiro atoms. The van der Waals surface area contributed by atoms with E-state index >= 15 is 0 Å². The van der Waals surface area contributed by atoms with Crippen molar-refractivity contribution in [3.63, 3.8) is 0 Å². The SMILES string of the molecule is COc1ccc(C=O)cc1CN(C)c1cc(C)cc(C)c1. The number of nitrogens with zero attached hydrogens (tertiary/aromatic N) is 1. The first-order valence-corrected chi connectivity index (χ1v) is 6.95. The first-order valence-electron chi connectivity index (χ1n) is 6.95. The zero-order valence-electron chi connectivity index (χ0n) is 13.0. The van der Waals surface area contributed by atoms with E-state index in [1.807, 2.05) is 19.2 Å². The Hall–Kier alpha value is -2.29. The number of ether oxygens (including phenoxy) is 1. The molecule has 0 fully saturated rings. The number of benzene rings is 2. The van der Waals surface area contributed by atoms with Crippen molar-refractivity contribution in [1.82, 2.24) is 0 Å². The summed E-state index contributed by atoms with van der Waals surface area (Å²) in [6, 6.07) is 12.0. The van der Waals surface area contributed by atoms with Crippen LogP contribution in [0.25, 0.3) is 0 Å². The normalized spacial score (nSPS) is 10.3. The molecule has 21 heavy (non-hydrogen) atoms. The molecule has 0 radical (unpaired) electrons. The van der Waals surface area contributed by atoms with Crippen LogP contribution < -0.4 is 9.64 Å². The summed E-state index contributed by atoms with van der Waals surface area (Å²) in [5, 5.41) is 0. The number of carbonyl (C=O) groups excluding carboxylic acids is 1. The maximum atomic E-state index is 10.9. The van der Waals surface area contributed by atoms with Crippen molar-refractivity contribution >= 4 is 12.0 Å². The molecule has 0 aliphatic carbocycles. The molecule has 0 amide bonds. The van der Waals surface area contributed by atoms with Gasteiger partial charge in [-0.2, -0.15) is 0 Å². The molecular weight excluding hydrogens is 262 g/mol. The van der Waals surface area contributed by atoms with E-state index in [2.05, 4.69) is 36.9 Å². The molecule has 3 nitrogen and oxygen atoms in total. The van der Waals surface area contributed by atoms with Crippen molar-refractivity contribution in [3.05, 3.63) is 58.7 Å². The van der Waals surface area contributed by atoms with Gasteiger partial charge in [-0.1, -0.05) is 6.07 Å². The summed E-state index contributed by atoms with van der Waals surface area (Å²) in [5.74, 6) is 0.803. The molecule has 2 aromatic rings. The summed E-state index contributed by atoms with van der Waals surface area (Å²) >= 11 is 0. The highest BCUT2D eigenvalue weighted by atomic mass is 16.5. The van der Waals surface area contributed by atoms with Crippen molar-refractivity contribution in [3.8, 4) is 5.75 Å². The fourth-order valence-electron chi connectivity index (χ4n) is 2.51. The number of methoxy groups -OCH3 is 1. The molecule has 0 unspecified atom stereocenters. The second-order valence-corrected chi connectivity index (χ2v) is 5.39. The fraction of sp³-hybridized carbons (Fsp3) is 0.278. The number of rotatable bonds is 5. The number of anilines is 1. The third-order valence-corrected chi connectivity index (χ3v) is 3.50. The van der Waals surface area contributed by atoms with Gasteiger partial charge in [0.15, 0.2) is 0 Å². The molecule has 0 heterocycles. The number of aryl methyl sites for hydroxylation is 2. The number of hydrogen-bond donors (Lipinski definition) is 0. The molecular formula is C18H21NO2. The topological polar surface area (TPSA) is 29.5 Å². The van der Waals surface area contributed by atoms with E-state index in [1.54, 1.807) is 13.2 Å². The van der Waals surface area contributed by atoms with Crippen LogP contribution in [-0.2, 0) is 6.54 Å². The zero-order chi connectivity index (χ0) is 15.4. The van der Waals surface area contributed by atoms with Crippen LogP contribution >= 0.6 is 0 Å². The molecule has 2 aromatic carbocycles. The smallest absolute Gasteiger partial charge is 0.150 e. The molecule has 0 atom stereocenters. The lowest BCUT2D eigenvalue weighted by atomic mass is 10.1. The van der Waals surface area contributed by atoms with E-state index in [0.717, 1.165) is 23.3 Å². The third-order valence-electron chi connectivity index (χ3n) is 3.50. The highest BCUT2D eigenvalue weighted by Crippen LogP contribution is 2.24. The molecule has 0 saturated heterocycles. The molecule has 2 rings (SSSR count). The minimum Gasteiger partial charge on any atom is -0.496 e. The summed E-state index contributed by atoms with van der Waals surface area (Å²) in [6.07, 6.45) is 0.861. The maximum Gasteiger partial charge on any atom is 0.150 e. The van der Waals surface area contributed by atoms with Gasteiger partial charge in [0.05, 0.1) is 7.11 Å². The average molecular weight is 283 g/mol. The van der Waals surface area contributed by atoms with Crippen LogP contribution in [0.5, 0.6) is 5.75 Å². The summed E-state index contributed by atoms with van der Waals surface area (Å²) in [5.41, 5.74) is 5.31. The van der Waals surface area contributed by atoms with Gasteiger partial charge in [0.1, 0.15) is 12.0 Å². The molecule has 0 aliphatic heterocycles. The van der Waals surface area contributed by atoms with Gasteiger partial charge in [-0.25, -0.2) is 0 Å². The Labute approximate surface area is 126 Å². The van der Waals surface area contributed by atoms with Crippen LogP contribution in [0.2, 0.25) is 0 Å². The van der Waals surface area contributed by atoms with Gasteiger partial charge in [-0.3, -0.25) is 4.79 Å². The van der Waals surface area contributed by atoms with E-state index in [1.165, 1.54) is 11.1 Å². The summed E-state index contributed by atoms with van der Waals surface area (Å²) in [4.78, 5) is 13.1.